The molecule has 0 aliphatic carbocycles. The van der Waals surface area contributed by atoms with Crippen LogP contribution < -0.4 is 5.32 Å². The van der Waals surface area contributed by atoms with E-state index >= 15 is 0 Å². The first-order valence-corrected chi connectivity index (χ1v) is 8.52. The fourth-order valence-electron chi connectivity index (χ4n) is 2.12. The Kier molecular flexibility index (Phi) is 4.96. The van der Waals surface area contributed by atoms with E-state index in [0.29, 0.717) is 11.0 Å². The van der Waals surface area contributed by atoms with Crippen molar-refractivity contribution in [3.05, 3.63) is 60.2 Å². The van der Waals surface area contributed by atoms with Gasteiger partial charge in [-0.1, -0.05) is 59.8 Å². The van der Waals surface area contributed by atoms with Crippen LogP contribution in [0.3, 0.4) is 0 Å². The zero-order chi connectivity index (χ0) is 16.9. The highest BCUT2D eigenvalue weighted by atomic mass is 32.2. The van der Waals surface area contributed by atoms with Gasteiger partial charge in [0, 0.05) is 11.3 Å². The Hall–Kier alpha value is -2.60. The van der Waals surface area contributed by atoms with Gasteiger partial charge in [0.2, 0.25) is 11.1 Å². The lowest BCUT2D eigenvalue weighted by Gasteiger charge is -2.10. The predicted molar refractivity (Wildman–Crippen MR) is 96.9 cm³/mol. The van der Waals surface area contributed by atoms with Crippen LogP contribution in [0.25, 0.3) is 11.4 Å². The topological polar surface area (TPSA) is 70.7 Å². The van der Waals surface area contributed by atoms with Gasteiger partial charge in [-0.3, -0.25) is 9.89 Å². The van der Waals surface area contributed by atoms with Gasteiger partial charge in [0.05, 0.1) is 5.25 Å². The number of benzene rings is 2. The SMILES string of the molecule is Cc1ccc(NC(=O)[C@@H](C)Sc2n[nH]c(-c3ccccc3)n2)cc1. The maximum atomic E-state index is 12.3. The molecule has 0 saturated carbocycles. The summed E-state index contributed by atoms with van der Waals surface area (Å²) < 4.78 is 0. The molecule has 2 aromatic carbocycles. The van der Waals surface area contributed by atoms with E-state index in [-0.39, 0.29) is 11.2 Å². The first-order chi connectivity index (χ1) is 11.6. The van der Waals surface area contributed by atoms with E-state index in [1.165, 1.54) is 11.8 Å². The number of nitrogens with zero attached hydrogens (tertiary/aromatic N) is 2. The van der Waals surface area contributed by atoms with E-state index in [1.54, 1.807) is 0 Å². The van der Waals surface area contributed by atoms with Gasteiger partial charge < -0.3 is 5.32 Å². The lowest BCUT2D eigenvalue weighted by molar-refractivity contribution is -0.115. The molecule has 0 saturated heterocycles. The van der Waals surface area contributed by atoms with Gasteiger partial charge in [0.25, 0.3) is 0 Å². The number of aromatic amines is 1. The Morgan fingerprint density at radius 2 is 1.83 bits per heavy atom. The first-order valence-electron chi connectivity index (χ1n) is 7.64. The van der Waals surface area contributed by atoms with E-state index in [9.17, 15) is 4.79 Å². The van der Waals surface area contributed by atoms with Crippen LogP contribution in [0.5, 0.6) is 0 Å². The van der Waals surface area contributed by atoms with Crippen molar-refractivity contribution in [3.8, 4) is 11.4 Å². The average molecular weight is 338 g/mol. The van der Waals surface area contributed by atoms with Crippen molar-refractivity contribution in [2.24, 2.45) is 0 Å². The number of amides is 1. The second-order valence-corrected chi connectivity index (χ2v) is 6.76. The summed E-state index contributed by atoms with van der Waals surface area (Å²) >= 11 is 1.32. The summed E-state index contributed by atoms with van der Waals surface area (Å²) in [6.07, 6.45) is 0. The van der Waals surface area contributed by atoms with Crippen LogP contribution in [-0.2, 0) is 4.79 Å². The number of carbonyl (C=O) groups is 1. The molecule has 0 aliphatic heterocycles. The van der Waals surface area contributed by atoms with Crippen LogP contribution in [0, 0.1) is 6.92 Å². The summed E-state index contributed by atoms with van der Waals surface area (Å²) in [5, 5.41) is 10.2. The zero-order valence-corrected chi connectivity index (χ0v) is 14.3. The third kappa shape index (κ3) is 4.02. The third-order valence-electron chi connectivity index (χ3n) is 3.48. The number of nitrogens with one attached hydrogen (secondary N) is 2. The number of rotatable bonds is 5. The van der Waals surface area contributed by atoms with Crippen molar-refractivity contribution in [2.75, 3.05) is 5.32 Å². The van der Waals surface area contributed by atoms with Gasteiger partial charge in [0.15, 0.2) is 5.82 Å². The summed E-state index contributed by atoms with van der Waals surface area (Å²) in [5.41, 5.74) is 2.91. The number of anilines is 1. The zero-order valence-electron chi connectivity index (χ0n) is 13.5. The van der Waals surface area contributed by atoms with Crippen LogP contribution in [-0.4, -0.2) is 26.3 Å². The van der Waals surface area contributed by atoms with Crippen molar-refractivity contribution in [1.29, 1.82) is 0 Å². The lowest BCUT2D eigenvalue weighted by atomic mass is 10.2. The fraction of sp³-hybridized carbons (Fsp3) is 0.167. The Balaban J connectivity index is 1.62. The summed E-state index contributed by atoms with van der Waals surface area (Å²) in [4.78, 5) is 16.7. The molecule has 6 heteroatoms. The van der Waals surface area contributed by atoms with Crippen LogP contribution >= 0.6 is 11.8 Å². The molecule has 0 aliphatic rings. The normalized spacial score (nSPS) is 11.9. The van der Waals surface area contributed by atoms with Crippen molar-refractivity contribution >= 4 is 23.4 Å². The van der Waals surface area contributed by atoms with Gasteiger partial charge in [-0.25, -0.2) is 4.98 Å². The van der Waals surface area contributed by atoms with Crippen LogP contribution in [0.2, 0.25) is 0 Å². The summed E-state index contributed by atoms with van der Waals surface area (Å²) in [5.74, 6) is 0.624. The van der Waals surface area contributed by atoms with Crippen molar-refractivity contribution < 1.29 is 4.79 Å². The number of aryl methyl sites for hydroxylation is 1. The number of aromatic nitrogens is 3. The standard InChI is InChI=1S/C18H18N4OS/c1-12-8-10-15(11-9-12)19-17(23)13(2)24-18-20-16(21-22-18)14-6-4-3-5-7-14/h3-11,13H,1-2H3,(H,19,23)(H,20,21,22)/t13-/m1/s1. The predicted octanol–water partition coefficient (Wildman–Crippen LogP) is 3.90. The van der Waals surface area contributed by atoms with Crippen LogP contribution in [0.4, 0.5) is 5.69 Å². The molecule has 1 amide bonds. The van der Waals surface area contributed by atoms with Crippen molar-refractivity contribution in [2.45, 2.75) is 24.3 Å². The quantitative estimate of drug-likeness (QED) is 0.692. The van der Waals surface area contributed by atoms with E-state index in [1.807, 2.05) is 68.4 Å². The molecule has 0 radical (unpaired) electrons. The number of H-pyrrole nitrogens is 1. The molecule has 1 atom stereocenters. The molecule has 3 aromatic rings. The third-order valence-corrected chi connectivity index (χ3v) is 4.44. The highest BCUT2D eigenvalue weighted by Gasteiger charge is 2.17. The number of thioether (sulfide) groups is 1. The Bertz CT molecular complexity index is 815. The second-order valence-electron chi connectivity index (χ2n) is 5.45. The Morgan fingerprint density at radius 3 is 2.54 bits per heavy atom. The van der Waals surface area contributed by atoms with E-state index in [0.717, 1.165) is 16.8 Å². The van der Waals surface area contributed by atoms with Crippen LogP contribution in [0.15, 0.2) is 59.8 Å². The number of carbonyl (C=O) groups excluding carboxylic acids is 1. The highest BCUT2D eigenvalue weighted by Crippen LogP contribution is 2.23. The maximum Gasteiger partial charge on any atom is 0.237 e. The molecule has 0 fully saturated rings. The fourth-order valence-corrected chi connectivity index (χ4v) is 2.84. The number of hydrogen-bond acceptors (Lipinski definition) is 4. The lowest BCUT2D eigenvalue weighted by Crippen LogP contribution is -2.22. The van der Waals surface area contributed by atoms with E-state index in [4.69, 9.17) is 0 Å². The average Bonchev–Trinajstić information content (AvgIpc) is 3.06. The van der Waals surface area contributed by atoms with Gasteiger partial charge >= 0.3 is 0 Å². The summed E-state index contributed by atoms with van der Waals surface area (Å²) in [6, 6.07) is 17.5. The monoisotopic (exact) mass is 338 g/mol. The van der Waals surface area contributed by atoms with Crippen LogP contribution in [0.1, 0.15) is 12.5 Å². The highest BCUT2D eigenvalue weighted by molar-refractivity contribution is 8.00. The molecule has 3 rings (SSSR count). The van der Waals surface area contributed by atoms with Gasteiger partial charge in [-0.15, -0.1) is 5.10 Å². The molecular formula is C18H18N4OS. The van der Waals surface area contributed by atoms with Gasteiger partial charge in [0.1, 0.15) is 0 Å². The van der Waals surface area contributed by atoms with Crippen molar-refractivity contribution in [1.82, 2.24) is 15.2 Å². The minimum atomic E-state index is -0.300. The van der Waals surface area contributed by atoms with Crippen molar-refractivity contribution in [3.63, 3.8) is 0 Å². The minimum absolute atomic E-state index is 0.0742. The molecule has 0 unspecified atom stereocenters. The molecule has 2 N–H and O–H groups in total. The molecule has 5 nitrogen and oxygen atoms in total. The number of hydrogen-bond donors (Lipinski definition) is 2. The molecule has 1 aromatic heterocycles. The van der Waals surface area contributed by atoms with Gasteiger partial charge in [-0.05, 0) is 26.0 Å². The largest absolute Gasteiger partial charge is 0.325 e. The summed E-state index contributed by atoms with van der Waals surface area (Å²) in [6.45, 7) is 3.85. The maximum absolute atomic E-state index is 12.3. The van der Waals surface area contributed by atoms with Gasteiger partial charge in [-0.2, -0.15) is 0 Å². The minimum Gasteiger partial charge on any atom is -0.325 e. The first kappa shape index (κ1) is 16.3. The smallest absolute Gasteiger partial charge is 0.237 e. The molecule has 1 heterocycles. The molecular weight excluding hydrogens is 320 g/mol. The molecule has 122 valence electrons. The summed E-state index contributed by atoms with van der Waals surface area (Å²) in [7, 11) is 0. The Morgan fingerprint density at radius 1 is 1.12 bits per heavy atom. The van der Waals surface area contributed by atoms with E-state index in [2.05, 4.69) is 20.5 Å². The van der Waals surface area contributed by atoms with E-state index < -0.39 is 0 Å². The second kappa shape index (κ2) is 7.31. The molecule has 0 spiro atoms. The molecule has 0 bridgehead atoms. The Labute approximate surface area is 144 Å². The molecule has 24 heavy (non-hydrogen) atoms.